The van der Waals surface area contributed by atoms with Crippen LogP contribution in [0.2, 0.25) is 0 Å². The summed E-state index contributed by atoms with van der Waals surface area (Å²) in [5, 5.41) is 29.0. The molecule has 0 aromatic heterocycles. The maximum Gasteiger partial charge on any atom is 0.312 e. The zero-order valence-electron chi connectivity index (χ0n) is 9.68. The second kappa shape index (κ2) is 4.76. The molecule has 2 rings (SSSR count). The van der Waals surface area contributed by atoms with Crippen LogP contribution in [0.25, 0.3) is 0 Å². The van der Waals surface area contributed by atoms with Gasteiger partial charge in [-0.2, -0.15) is 0 Å². The van der Waals surface area contributed by atoms with Gasteiger partial charge in [0, 0.05) is 12.1 Å². The van der Waals surface area contributed by atoms with Gasteiger partial charge >= 0.3 is 5.69 Å². The third-order valence-corrected chi connectivity index (χ3v) is 4.41. The van der Waals surface area contributed by atoms with E-state index in [0.29, 0.717) is 12.8 Å². The number of phenolic OH excluding ortho intramolecular Hbond substituents is 1. The van der Waals surface area contributed by atoms with Crippen molar-refractivity contribution in [1.82, 2.24) is 4.72 Å². The Morgan fingerprint density at radius 3 is 2.53 bits per heavy atom. The van der Waals surface area contributed by atoms with Gasteiger partial charge in [-0.3, -0.25) is 10.1 Å². The molecule has 0 amide bonds. The summed E-state index contributed by atoms with van der Waals surface area (Å²) in [5.74, 6) is -0.594. The molecule has 1 aliphatic carbocycles. The lowest BCUT2D eigenvalue weighted by Crippen LogP contribution is -2.46. The van der Waals surface area contributed by atoms with Gasteiger partial charge in [0.05, 0.1) is 15.9 Å². The van der Waals surface area contributed by atoms with E-state index in [-0.39, 0.29) is 10.9 Å². The third-order valence-electron chi connectivity index (χ3n) is 2.89. The molecule has 0 spiro atoms. The topological polar surface area (TPSA) is 130 Å². The average Bonchev–Trinajstić information content (AvgIpc) is 2.26. The Labute approximate surface area is 108 Å². The quantitative estimate of drug-likeness (QED) is 0.532. The third kappa shape index (κ3) is 2.83. The molecular formula is C10H12N2O6S. The monoisotopic (exact) mass is 288 g/mol. The molecule has 1 aromatic carbocycles. The number of aliphatic hydroxyl groups is 1. The molecule has 0 atom stereocenters. The first kappa shape index (κ1) is 13.7. The van der Waals surface area contributed by atoms with E-state index in [2.05, 4.69) is 4.72 Å². The lowest BCUT2D eigenvalue weighted by molar-refractivity contribution is -0.386. The number of nitro groups is 1. The van der Waals surface area contributed by atoms with Crippen LogP contribution in [0.15, 0.2) is 23.1 Å². The smallest absolute Gasteiger partial charge is 0.312 e. The lowest BCUT2D eigenvalue weighted by atomic mass is 9.91. The number of rotatable bonds is 4. The van der Waals surface area contributed by atoms with Gasteiger partial charge in [0.15, 0.2) is 5.75 Å². The molecule has 0 heterocycles. The fourth-order valence-electron chi connectivity index (χ4n) is 1.79. The molecule has 1 aliphatic rings. The standard InChI is InChI=1S/C10H12N2O6S/c13-7-3-6(4-7)11-19(17,18)8-1-2-10(14)9(5-8)12(15)16/h1-2,5-7,11,13-14H,3-4H2. The summed E-state index contributed by atoms with van der Waals surface area (Å²) in [6.45, 7) is 0. The van der Waals surface area contributed by atoms with E-state index in [9.17, 15) is 23.6 Å². The minimum absolute atomic E-state index is 0.293. The number of aromatic hydroxyl groups is 1. The molecule has 0 radical (unpaired) electrons. The molecule has 0 saturated heterocycles. The first-order valence-corrected chi connectivity index (χ1v) is 6.96. The summed E-state index contributed by atoms with van der Waals surface area (Å²) >= 11 is 0. The number of nitrogens with one attached hydrogen (secondary N) is 1. The van der Waals surface area contributed by atoms with Crippen LogP contribution in [0, 0.1) is 10.1 Å². The molecule has 104 valence electrons. The number of sulfonamides is 1. The first-order valence-electron chi connectivity index (χ1n) is 5.47. The van der Waals surface area contributed by atoms with E-state index < -0.39 is 32.5 Å². The van der Waals surface area contributed by atoms with E-state index in [0.717, 1.165) is 18.2 Å². The van der Waals surface area contributed by atoms with Crippen LogP contribution in [0.1, 0.15) is 12.8 Å². The highest BCUT2D eigenvalue weighted by atomic mass is 32.2. The van der Waals surface area contributed by atoms with Crippen LogP contribution >= 0.6 is 0 Å². The van der Waals surface area contributed by atoms with Gasteiger partial charge in [0.1, 0.15) is 0 Å². The Hall–Kier alpha value is -1.71. The zero-order valence-corrected chi connectivity index (χ0v) is 10.5. The Bertz CT molecular complexity index is 608. The number of nitro benzene ring substituents is 1. The van der Waals surface area contributed by atoms with Crippen LogP contribution in [-0.4, -0.2) is 35.7 Å². The second-order valence-corrected chi connectivity index (χ2v) is 6.07. The maximum absolute atomic E-state index is 11.9. The Morgan fingerprint density at radius 2 is 2.00 bits per heavy atom. The van der Waals surface area contributed by atoms with Crippen molar-refractivity contribution in [2.75, 3.05) is 0 Å². The summed E-state index contributed by atoms with van der Waals surface area (Å²) in [6.07, 6.45) is 0.126. The minimum atomic E-state index is -3.89. The summed E-state index contributed by atoms with van der Waals surface area (Å²) in [6, 6.07) is 2.47. The predicted octanol–water partition coefficient (Wildman–Crippen LogP) is 0.102. The summed E-state index contributed by atoms with van der Waals surface area (Å²) < 4.78 is 26.2. The number of hydrogen-bond acceptors (Lipinski definition) is 6. The minimum Gasteiger partial charge on any atom is -0.502 e. The second-order valence-electron chi connectivity index (χ2n) is 4.35. The fourth-order valence-corrected chi connectivity index (χ4v) is 3.07. The largest absolute Gasteiger partial charge is 0.502 e. The molecule has 9 heteroatoms. The molecule has 0 unspecified atom stereocenters. The number of benzene rings is 1. The molecule has 1 saturated carbocycles. The van der Waals surface area contributed by atoms with Crippen LogP contribution in [-0.2, 0) is 10.0 Å². The van der Waals surface area contributed by atoms with Gasteiger partial charge < -0.3 is 10.2 Å². The van der Waals surface area contributed by atoms with Crippen molar-refractivity contribution >= 4 is 15.7 Å². The van der Waals surface area contributed by atoms with Gasteiger partial charge in [-0.25, -0.2) is 13.1 Å². The Kier molecular flexibility index (Phi) is 3.43. The van der Waals surface area contributed by atoms with E-state index in [4.69, 9.17) is 5.11 Å². The molecule has 0 bridgehead atoms. The molecule has 8 nitrogen and oxygen atoms in total. The van der Waals surface area contributed by atoms with Crippen molar-refractivity contribution in [2.45, 2.75) is 29.9 Å². The van der Waals surface area contributed by atoms with Crippen LogP contribution in [0.5, 0.6) is 5.75 Å². The van der Waals surface area contributed by atoms with Crippen molar-refractivity contribution in [2.24, 2.45) is 0 Å². The molecule has 1 fully saturated rings. The van der Waals surface area contributed by atoms with Crippen LogP contribution < -0.4 is 4.72 Å². The molecule has 1 aromatic rings. The summed E-state index contributed by atoms with van der Waals surface area (Å²) in [5.41, 5.74) is -0.670. The average molecular weight is 288 g/mol. The van der Waals surface area contributed by atoms with Gasteiger partial charge in [-0.1, -0.05) is 0 Å². The fraction of sp³-hybridized carbons (Fsp3) is 0.400. The number of nitrogens with zero attached hydrogens (tertiary/aromatic N) is 1. The highest BCUT2D eigenvalue weighted by Gasteiger charge is 2.32. The van der Waals surface area contributed by atoms with E-state index in [1.807, 2.05) is 0 Å². The number of phenols is 1. The van der Waals surface area contributed by atoms with Crippen LogP contribution in [0.4, 0.5) is 5.69 Å². The van der Waals surface area contributed by atoms with Gasteiger partial charge in [0.2, 0.25) is 10.0 Å². The highest BCUT2D eigenvalue weighted by Crippen LogP contribution is 2.29. The molecule has 19 heavy (non-hydrogen) atoms. The van der Waals surface area contributed by atoms with Crippen LogP contribution in [0.3, 0.4) is 0 Å². The molecular weight excluding hydrogens is 276 g/mol. The van der Waals surface area contributed by atoms with Gasteiger partial charge in [-0.15, -0.1) is 0 Å². The van der Waals surface area contributed by atoms with Gasteiger partial charge in [-0.05, 0) is 25.0 Å². The van der Waals surface area contributed by atoms with Crippen molar-refractivity contribution < 1.29 is 23.6 Å². The molecule has 3 N–H and O–H groups in total. The van der Waals surface area contributed by atoms with Crippen molar-refractivity contribution in [1.29, 1.82) is 0 Å². The van der Waals surface area contributed by atoms with Gasteiger partial charge in [0.25, 0.3) is 0 Å². The van der Waals surface area contributed by atoms with E-state index >= 15 is 0 Å². The molecule has 0 aliphatic heterocycles. The first-order chi connectivity index (χ1) is 8.79. The van der Waals surface area contributed by atoms with E-state index in [1.54, 1.807) is 0 Å². The van der Waals surface area contributed by atoms with Crippen molar-refractivity contribution in [3.05, 3.63) is 28.3 Å². The number of hydrogen-bond donors (Lipinski definition) is 3. The van der Waals surface area contributed by atoms with E-state index in [1.165, 1.54) is 0 Å². The zero-order chi connectivity index (χ0) is 14.2. The lowest BCUT2D eigenvalue weighted by Gasteiger charge is -2.31. The van der Waals surface area contributed by atoms with Crippen molar-refractivity contribution in [3.63, 3.8) is 0 Å². The SMILES string of the molecule is O=[N+]([O-])c1cc(S(=O)(=O)NC2CC(O)C2)ccc1O. The Balaban J connectivity index is 2.25. The maximum atomic E-state index is 11.9. The number of aliphatic hydroxyl groups excluding tert-OH is 1. The van der Waals surface area contributed by atoms with Crippen molar-refractivity contribution in [3.8, 4) is 5.75 Å². The highest BCUT2D eigenvalue weighted by molar-refractivity contribution is 7.89. The Morgan fingerprint density at radius 1 is 1.37 bits per heavy atom. The normalized spacial score (nSPS) is 22.8. The summed E-state index contributed by atoms with van der Waals surface area (Å²) in [7, 11) is -3.89. The summed E-state index contributed by atoms with van der Waals surface area (Å²) in [4.78, 5) is 9.48. The predicted molar refractivity (Wildman–Crippen MR) is 64.1 cm³/mol.